The van der Waals surface area contributed by atoms with E-state index in [1.54, 1.807) is 0 Å². The zero-order valence-corrected chi connectivity index (χ0v) is 12.6. The molecule has 2 rings (SSSR count). The second kappa shape index (κ2) is 6.79. The Morgan fingerprint density at radius 2 is 1.71 bits per heavy atom. The zero-order valence-electron chi connectivity index (χ0n) is 12.6. The Morgan fingerprint density at radius 3 is 2.38 bits per heavy atom. The number of aryl methyl sites for hydroxylation is 2. The van der Waals surface area contributed by atoms with Gasteiger partial charge in [0.15, 0.2) is 0 Å². The van der Waals surface area contributed by atoms with Crippen LogP contribution < -0.4 is 10.6 Å². The second-order valence-electron chi connectivity index (χ2n) is 4.98. The van der Waals surface area contributed by atoms with E-state index in [0.717, 1.165) is 12.2 Å². The fourth-order valence-electron chi connectivity index (χ4n) is 2.03. The fourth-order valence-corrected chi connectivity index (χ4v) is 2.03. The summed E-state index contributed by atoms with van der Waals surface area (Å²) in [5.74, 6) is 0. The van der Waals surface area contributed by atoms with Crippen LogP contribution in [0.15, 0.2) is 42.5 Å². The number of hydrogen-bond acceptors (Lipinski definition) is 3. The van der Waals surface area contributed by atoms with E-state index in [-0.39, 0.29) is 0 Å². The van der Waals surface area contributed by atoms with Gasteiger partial charge in [0.2, 0.25) is 0 Å². The summed E-state index contributed by atoms with van der Waals surface area (Å²) in [6.07, 6.45) is -0.467. The molecule has 0 aliphatic rings. The number of anilines is 2. The van der Waals surface area contributed by atoms with E-state index in [2.05, 4.69) is 47.4 Å². The predicted octanol–water partition coefficient (Wildman–Crippen LogP) is 4.09. The van der Waals surface area contributed by atoms with Gasteiger partial charge in [0.1, 0.15) is 0 Å². The van der Waals surface area contributed by atoms with Crippen LogP contribution in [0.1, 0.15) is 16.7 Å². The average Bonchev–Trinajstić information content (AvgIpc) is 2.49. The maximum atomic E-state index is 11.1. The lowest BCUT2D eigenvalue weighted by molar-refractivity contribution is 0.187. The Hall–Kier alpha value is -2.49. The number of amides is 1. The van der Waals surface area contributed by atoms with Crippen molar-refractivity contribution in [1.82, 2.24) is 0 Å². The van der Waals surface area contributed by atoms with E-state index in [1.165, 1.54) is 23.8 Å². The lowest BCUT2D eigenvalue weighted by Crippen LogP contribution is -2.10. The summed E-state index contributed by atoms with van der Waals surface area (Å²) in [6.45, 7) is 4.98. The Labute approximate surface area is 125 Å². The van der Waals surface area contributed by atoms with E-state index in [1.807, 2.05) is 24.3 Å². The van der Waals surface area contributed by atoms with Crippen molar-refractivity contribution >= 4 is 17.5 Å². The molecule has 0 fully saturated rings. The van der Waals surface area contributed by atoms with Crippen molar-refractivity contribution in [2.24, 2.45) is 0 Å². The van der Waals surface area contributed by atoms with Crippen molar-refractivity contribution in [3.8, 4) is 0 Å². The molecule has 0 bridgehead atoms. The van der Waals surface area contributed by atoms with Crippen LogP contribution in [-0.2, 0) is 11.3 Å². The number of methoxy groups -OCH3 is 1. The minimum atomic E-state index is -0.467. The number of nitrogens with one attached hydrogen (secondary N) is 2. The molecule has 2 aromatic rings. The molecule has 0 aliphatic carbocycles. The highest BCUT2D eigenvalue weighted by molar-refractivity contribution is 5.84. The number of rotatable bonds is 4. The highest BCUT2D eigenvalue weighted by Crippen LogP contribution is 2.16. The van der Waals surface area contributed by atoms with Gasteiger partial charge in [-0.2, -0.15) is 0 Å². The Balaban J connectivity index is 1.97. The first-order valence-corrected chi connectivity index (χ1v) is 6.83. The maximum Gasteiger partial charge on any atom is 0.411 e. The summed E-state index contributed by atoms with van der Waals surface area (Å²) in [5.41, 5.74) is 5.53. The minimum absolute atomic E-state index is 0.467. The summed E-state index contributed by atoms with van der Waals surface area (Å²) < 4.78 is 4.55. The molecular weight excluding hydrogens is 264 g/mol. The van der Waals surface area contributed by atoms with E-state index in [0.29, 0.717) is 5.69 Å². The maximum absolute atomic E-state index is 11.1. The molecule has 4 nitrogen and oxygen atoms in total. The second-order valence-corrected chi connectivity index (χ2v) is 4.98. The predicted molar refractivity (Wildman–Crippen MR) is 85.7 cm³/mol. The van der Waals surface area contributed by atoms with E-state index in [9.17, 15) is 4.79 Å². The number of benzene rings is 2. The molecule has 0 atom stereocenters. The fraction of sp³-hybridized carbons (Fsp3) is 0.235. The molecule has 0 radical (unpaired) electrons. The first kappa shape index (κ1) is 14.9. The minimum Gasteiger partial charge on any atom is -0.453 e. The van der Waals surface area contributed by atoms with Crippen molar-refractivity contribution in [3.63, 3.8) is 0 Å². The van der Waals surface area contributed by atoms with Gasteiger partial charge in [0.25, 0.3) is 0 Å². The third-order valence-electron chi connectivity index (χ3n) is 3.30. The summed E-state index contributed by atoms with van der Waals surface area (Å²) in [6, 6.07) is 14.0. The van der Waals surface area contributed by atoms with Gasteiger partial charge in [-0.15, -0.1) is 0 Å². The van der Waals surface area contributed by atoms with Crippen LogP contribution in [0, 0.1) is 13.8 Å². The van der Waals surface area contributed by atoms with Gasteiger partial charge in [-0.25, -0.2) is 4.79 Å². The monoisotopic (exact) mass is 284 g/mol. The molecule has 4 heteroatoms. The summed E-state index contributed by atoms with van der Waals surface area (Å²) in [4.78, 5) is 11.1. The van der Waals surface area contributed by atoms with Crippen molar-refractivity contribution < 1.29 is 9.53 Å². The third-order valence-corrected chi connectivity index (χ3v) is 3.30. The van der Waals surface area contributed by atoms with E-state index < -0.39 is 6.09 Å². The molecule has 1 amide bonds. The Morgan fingerprint density at radius 1 is 1.05 bits per heavy atom. The van der Waals surface area contributed by atoms with Gasteiger partial charge in [-0.05, 0) is 49.2 Å². The van der Waals surface area contributed by atoms with Crippen LogP contribution in [0.5, 0.6) is 0 Å². The van der Waals surface area contributed by atoms with Crippen molar-refractivity contribution in [2.75, 3.05) is 17.7 Å². The van der Waals surface area contributed by atoms with Gasteiger partial charge in [0.05, 0.1) is 7.11 Å². The molecule has 0 spiro atoms. The van der Waals surface area contributed by atoms with Crippen LogP contribution in [0.25, 0.3) is 0 Å². The molecule has 0 aromatic heterocycles. The molecule has 0 unspecified atom stereocenters. The highest BCUT2D eigenvalue weighted by atomic mass is 16.5. The smallest absolute Gasteiger partial charge is 0.411 e. The molecule has 110 valence electrons. The topological polar surface area (TPSA) is 50.4 Å². The largest absolute Gasteiger partial charge is 0.453 e. The van der Waals surface area contributed by atoms with Gasteiger partial charge < -0.3 is 10.1 Å². The SMILES string of the molecule is COC(=O)Nc1ccc(NCc2cc(C)ccc2C)cc1. The molecule has 2 N–H and O–H groups in total. The van der Waals surface area contributed by atoms with Crippen LogP contribution in [0.4, 0.5) is 16.2 Å². The Bertz CT molecular complexity index is 621. The van der Waals surface area contributed by atoms with Crippen LogP contribution >= 0.6 is 0 Å². The normalized spacial score (nSPS) is 10.0. The van der Waals surface area contributed by atoms with Crippen molar-refractivity contribution in [2.45, 2.75) is 20.4 Å². The van der Waals surface area contributed by atoms with Gasteiger partial charge in [-0.1, -0.05) is 23.8 Å². The summed E-state index contributed by atoms with van der Waals surface area (Å²) in [5, 5.41) is 6.00. The van der Waals surface area contributed by atoms with Crippen LogP contribution in [0.2, 0.25) is 0 Å². The molecule has 0 saturated carbocycles. The van der Waals surface area contributed by atoms with Gasteiger partial charge in [0, 0.05) is 17.9 Å². The third kappa shape index (κ3) is 4.24. The number of hydrogen-bond donors (Lipinski definition) is 2. The number of carbonyl (C=O) groups excluding carboxylic acids is 1. The summed E-state index contributed by atoms with van der Waals surface area (Å²) in [7, 11) is 1.34. The van der Waals surface area contributed by atoms with E-state index >= 15 is 0 Å². The number of carbonyl (C=O) groups is 1. The standard InChI is InChI=1S/C17H20N2O2/c1-12-4-5-13(2)14(10-12)11-18-15-6-8-16(9-7-15)19-17(20)21-3/h4-10,18H,11H2,1-3H3,(H,19,20). The van der Waals surface area contributed by atoms with E-state index in [4.69, 9.17) is 0 Å². The quantitative estimate of drug-likeness (QED) is 0.889. The average molecular weight is 284 g/mol. The first-order valence-electron chi connectivity index (χ1n) is 6.83. The van der Waals surface area contributed by atoms with Crippen LogP contribution in [-0.4, -0.2) is 13.2 Å². The van der Waals surface area contributed by atoms with Crippen LogP contribution in [0.3, 0.4) is 0 Å². The zero-order chi connectivity index (χ0) is 15.2. The number of ether oxygens (including phenoxy) is 1. The van der Waals surface area contributed by atoms with Crippen molar-refractivity contribution in [1.29, 1.82) is 0 Å². The highest BCUT2D eigenvalue weighted by Gasteiger charge is 2.01. The lowest BCUT2D eigenvalue weighted by Gasteiger charge is -2.11. The van der Waals surface area contributed by atoms with Gasteiger partial charge in [-0.3, -0.25) is 5.32 Å². The lowest BCUT2D eigenvalue weighted by atomic mass is 10.1. The molecule has 0 saturated heterocycles. The molecule has 2 aromatic carbocycles. The molecule has 21 heavy (non-hydrogen) atoms. The molecule has 0 heterocycles. The molecular formula is C17H20N2O2. The first-order chi connectivity index (χ1) is 10.1. The van der Waals surface area contributed by atoms with Crippen molar-refractivity contribution in [3.05, 3.63) is 59.2 Å². The van der Waals surface area contributed by atoms with Gasteiger partial charge >= 0.3 is 6.09 Å². The molecule has 0 aliphatic heterocycles. The Kier molecular flexibility index (Phi) is 4.82. The summed E-state index contributed by atoms with van der Waals surface area (Å²) >= 11 is 0.